The SMILES string of the molecule is CC.CC.CNc1ccccc1.Cc1ccccc1.Cc1ccccc1.O=C(c1ccccc1)C1CCCC(C2CC2)C1. The maximum atomic E-state index is 12.4. The zero-order chi connectivity index (χ0) is 31.7. The number of nitrogens with one attached hydrogen (secondary N) is 1. The molecule has 2 aliphatic rings. The van der Waals surface area contributed by atoms with Gasteiger partial charge in [0.15, 0.2) is 5.78 Å². The van der Waals surface area contributed by atoms with Crippen LogP contribution in [0.3, 0.4) is 0 Å². The fourth-order valence-corrected chi connectivity index (χ4v) is 4.97. The zero-order valence-electron chi connectivity index (χ0n) is 27.9. The lowest BCUT2D eigenvalue weighted by Gasteiger charge is -2.28. The third kappa shape index (κ3) is 16.5. The van der Waals surface area contributed by atoms with E-state index in [9.17, 15) is 4.79 Å². The second-order valence-electron chi connectivity index (χ2n) is 10.6. The molecule has 4 aromatic rings. The number of Topliss-reactive ketones (excluding diaryl/α,β-unsaturated/α-hetero) is 1. The van der Waals surface area contributed by atoms with Crippen LogP contribution >= 0.6 is 0 Å². The van der Waals surface area contributed by atoms with Crippen molar-refractivity contribution in [2.75, 3.05) is 12.4 Å². The molecule has 6 rings (SSSR count). The van der Waals surface area contributed by atoms with Crippen molar-refractivity contribution >= 4 is 11.5 Å². The molecular formula is C41H57NO. The third-order valence-electron chi connectivity index (χ3n) is 7.38. The molecule has 0 saturated heterocycles. The minimum Gasteiger partial charge on any atom is -0.388 e. The van der Waals surface area contributed by atoms with Crippen molar-refractivity contribution in [3.8, 4) is 0 Å². The average Bonchev–Trinajstić information content (AvgIpc) is 3.95. The Kier molecular flexibility index (Phi) is 20.7. The average molecular weight is 580 g/mol. The quantitative estimate of drug-likeness (QED) is 0.244. The summed E-state index contributed by atoms with van der Waals surface area (Å²) in [6.45, 7) is 12.2. The van der Waals surface area contributed by atoms with Crippen LogP contribution in [0.1, 0.15) is 87.7 Å². The summed E-state index contributed by atoms with van der Waals surface area (Å²) in [6, 6.07) is 40.4. The number of aryl methyl sites for hydroxylation is 2. The predicted octanol–water partition coefficient (Wildman–Crippen LogP) is 11.9. The Morgan fingerprint density at radius 2 is 0.977 bits per heavy atom. The summed E-state index contributed by atoms with van der Waals surface area (Å²) in [5.74, 6) is 2.50. The molecule has 2 atom stereocenters. The van der Waals surface area contributed by atoms with Crippen LogP contribution in [-0.2, 0) is 0 Å². The Hall–Kier alpha value is -3.65. The molecule has 2 aliphatic carbocycles. The van der Waals surface area contributed by atoms with E-state index in [4.69, 9.17) is 0 Å². The van der Waals surface area contributed by atoms with E-state index in [2.05, 4.69) is 43.4 Å². The Labute approximate surface area is 264 Å². The molecule has 0 heterocycles. The van der Waals surface area contributed by atoms with Gasteiger partial charge in [0.2, 0.25) is 0 Å². The normalized spacial score (nSPS) is 16.2. The monoisotopic (exact) mass is 579 g/mol. The van der Waals surface area contributed by atoms with Gasteiger partial charge in [-0.15, -0.1) is 0 Å². The summed E-state index contributed by atoms with van der Waals surface area (Å²) in [6.07, 6.45) is 7.71. The molecular weight excluding hydrogens is 522 g/mol. The highest BCUT2D eigenvalue weighted by atomic mass is 16.1. The minimum absolute atomic E-state index is 0.303. The summed E-state index contributed by atoms with van der Waals surface area (Å²) in [5, 5.41) is 3.03. The van der Waals surface area contributed by atoms with Crippen LogP contribution in [0.15, 0.2) is 121 Å². The number of anilines is 1. The van der Waals surface area contributed by atoms with E-state index in [0.29, 0.717) is 11.7 Å². The second-order valence-corrected chi connectivity index (χ2v) is 10.6. The van der Waals surface area contributed by atoms with Gasteiger partial charge in [-0.25, -0.2) is 0 Å². The number of hydrogen-bond acceptors (Lipinski definition) is 2. The number of ketones is 1. The maximum absolute atomic E-state index is 12.4. The van der Waals surface area contributed by atoms with E-state index in [0.717, 1.165) is 35.9 Å². The van der Waals surface area contributed by atoms with Crippen LogP contribution in [0.25, 0.3) is 0 Å². The van der Waals surface area contributed by atoms with Crippen LogP contribution in [0, 0.1) is 31.6 Å². The highest BCUT2D eigenvalue weighted by Gasteiger charge is 2.36. The lowest BCUT2D eigenvalue weighted by molar-refractivity contribution is 0.0855. The first-order chi connectivity index (χ1) is 21.1. The maximum Gasteiger partial charge on any atom is 0.165 e. The van der Waals surface area contributed by atoms with Gasteiger partial charge in [0.05, 0.1) is 0 Å². The van der Waals surface area contributed by atoms with Gasteiger partial charge in [-0.2, -0.15) is 0 Å². The number of carbonyl (C=O) groups is 1. The van der Waals surface area contributed by atoms with Crippen molar-refractivity contribution in [3.63, 3.8) is 0 Å². The van der Waals surface area contributed by atoms with Crippen molar-refractivity contribution < 1.29 is 4.79 Å². The van der Waals surface area contributed by atoms with E-state index in [-0.39, 0.29) is 0 Å². The first kappa shape index (κ1) is 37.4. The molecule has 2 saturated carbocycles. The molecule has 0 spiro atoms. The molecule has 2 fully saturated rings. The van der Waals surface area contributed by atoms with Gasteiger partial charge in [0, 0.05) is 24.2 Å². The highest BCUT2D eigenvalue weighted by molar-refractivity contribution is 5.97. The van der Waals surface area contributed by atoms with Gasteiger partial charge in [-0.05, 0) is 63.5 Å². The molecule has 0 aromatic heterocycles. The van der Waals surface area contributed by atoms with E-state index in [1.807, 2.05) is 132 Å². The van der Waals surface area contributed by atoms with Gasteiger partial charge < -0.3 is 5.32 Å². The van der Waals surface area contributed by atoms with Gasteiger partial charge in [0.25, 0.3) is 0 Å². The fourth-order valence-electron chi connectivity index (χ4n) is 4.97. The van der Waals surface area contributed by atoms with Crippen LogP contribution in [-0.4, -0.2) is 12.8 Å². The van der Waals surface area contributed by atoms with Crippen LogP contribution in [0.5, 0.6) is 0 Å². The van der Waals surface area contributed by atoms with Gasteiger partial charge in [0.1, 0.15) is 0 Å². The number of carbonyl (C=O) groups excluding carboxylic acids is 1. The van der Waals surface area contributed by atoms with Gasteiger partial charge >= 0.3 is 0 Å². The zero-order valence-corrected chi connectivity index (χ0v) is 27.9. The summed E-state index contributed by atoms with van der Waals surface area (Å²) >= 11 is 0. The van der Waals surface area contributed by atoms with Crippen molar-refractivity contribution in [2.45, 2.75) is 80.1 Å². The van der Waals surface area contributed by atoms with Crippen molar-refractivity contribution in [1.29, 1.82) is 0 Å². The molecule has 0 aliphatic heterocycles. The number of benzene rings is 4. The van der Waals surface area contributed by atoms with E-state index >= 15 is 0 Å². The summed E-state index contributed by atoms with van der Waals surface area (Å²) in [4.78, 5) is 12.4. The van der Waals surface area contributed by atoms with Crippen molar-refractivity contribution in [2.24, 2.45) is 17.8 Å². The van der Waals surface area contributed by atoms with Crippen LogP contribution in [0.4, 0.5) is 5.69 Å². The summed E-state index contributed by atoms with van der Waals surface area (Å²) in [5.41, 5.74) is 4.71. The third-order valence-corrected chi connectivity index (χ3v) is 7.38. The smallest absolute Gasteiger partial charge is 0.165 e. The number of rotatable bonds is 4. The molecule has 2 unspecified atom stereocenters. The Bertz CT molecular complexity index is 1130. The molecule has 43 heavy (non-hydrogen) atoms. The molecule has 2 nitrogen and oxygen atoms in total. The first-order valence-electron chi connectivity index (χ1n) is 16.4. The fraction of sp³-hybridized carbons (Fsp3) is 0.390. The Balaban J connectivity index is 0.000000300. The topological polar surface area (TPSA) is 29.1 Å². The molecule has 0 radical (unpaired) electrons. The van der Waals surface area contributed by atoms with Crippen molar-refractivity contribution in [3.05, 3.63) is 138 Å². The largest absolute Gasteiger partial charge is 0.388 e. The van der Waals surface area contributed by atoms with Crippen LogP contribution in [0.2, 0.25) is 0 Å². The number of hydrogen-bond donors (Lipinski definition) is 1. The van der Waals surface area contributed by atoms with E-state index in [1.165, 1.54) is 36.8 Å². The molecule has 1 N–H and O–H groups in total. The summed E-state index contributed by atoms with van der Waals surface area (Å²) in [7, 11) is 1.91. The molecule has 2 heteroatoms. The summed E-state index contributed by atoms with van der Waals surface area (Å²) < 4.78 is 0. The molecule has 232 valence electrons. The van der Waals surface area contributed by atoms with Crippen molar-refractivity contribution in [1.82, 2.24) is 0 Å². The molecule has 0 amide bonds. The predicted molar refractivity (Wildman–Crippen MR) is 190 cm³/mol. The second kappa shape index (κ2) is 23.9. The van der Waals surface area contributed by atoms with Gasteiger partial charge in [-0.1, -0.05) is 161 Å². The molecule has 0 bridgehead atoms. The first-order valence-corrected chi connectivity index (χ1v) is 16.4. The lowest BCUT2D eigenvalue weighted by atomic mass is 9.76. The Morgan fingerprint density at radius 1 is 0.558 bits per heavy atom. The van der Waals surface area contributed by atoms with E-state index in [1.54, 1.807) is 0 Å². The lowest BCUT2D eigenvalue weighted by Crippen LogP contribution is -2.24. The number of para-hydroxylation sites is 1. The van der Waals surface area contributed by atoms with Crippen LogP contribution < -0.4 is 5.32 Å². The Morgan fingerprint density at radius 3 is 1.33 bits per heavy atom. The highest BCUT2D eigenvalue weighted by Crippen LogP contribution is 2.45. The van der Waals surface area contributed by atoms with E-state index < -0.39 is 0 Å². The molecule has 4 aromatic carbocycles. The van der Waals surface area contributed by atoms with Gasteiger partial charge in [-0.3, -0.25) is 4.79 Å². The standard InChI is InChI=1S/C16H20O.C7H9N.2C7H8.2C2H6/c17-16(13-5-2-1-3-6-13)15-8-4-7-14(11-15)12-9-10-12;1-8-7-5-3-2-4-6-7;2*1-7-5-3-2-4-6-7;2*1-2/h1-3,5-6,12,14-15H,4,7-11H2;2-6,8H,1H3;2*2-6H,1H3;2*1-2H3. The minimum atomic E-state index is 0.303.